The van der Waals surface area contributed by atoms with E-state index in [2.05, 4.69) is 12.2 Å². The molecule has 0 bridgehead atoms. The molecule has 1 aliphatic heterocycles. The number of carbonyl (C=O) groups excluding carboxylic acids is 1. The van der Waals surface area contributed by atoms with E-state index >= 15 is 0 Å². The molecule has 1 aromatic carbocycles. The summed E-state index contributed by atoms with van der Waals surface area (Å²) in [5, 5.41) is 2.95. The second kappa shape index (κ2) is 8.02. The summed E-state index contributed by atoms with van der Waals surface area (Å²) in [7, 11) is -3.99. The van der Waals surface area contributed by atoms with Crippen LogP contribution in [0.25, 0.3) is 0 Å². The smallest absolute Gasteiger partial charge is 0.251 e. The van der Waals surface area contributed by atoms with Crippen molar-refractivity contribution in [1.29, 1.82) is 0 Å². The highest BCUT2D eigenvalue weighted by Crippen LogP contribution is 2.25. The van der Waals surface area contributed by atoms with Crippen LogP contribution in [0.4, 0.5) is 4.39 Å². The van der Waals surface area contributed by atoms with Crippen LogP contribution in [0.2, 0.25) is 0 Å². The van der Waals surface area contributed by atoms with Crippen molar-refractivity contribution in [2.24, 2.45) is 5.92 Å². The number of hydrogen-bond donors (Lipinski definition) is 1. The van der Waals surface area contributed by atoms with Crippen molar-refractivity contribution in [3.05, 3.63) is 29.6 Å². The third-order valence-corrected chi connectivity index (χ3v) is 6.97. The minimum absolute atomic E-state index is 0.0793. The molecule has 26 heavy (non-hydrogen) atoms. The number of rotatable bonds is 4. The quantitative estimate of drug-likeness (QED) is 0.863. The lowest BCUT2D eigenvalue weighted by atomic mass is 9.87. The van der Waals surface area contributed by atoms with E-state index in [1.807, 2.05) is 0 Å². The zero-order valence-corrected chi connectivity index (χ0v) is 15.7. The first-order valence-corrected chi connectivity index (χ1v) is 10.5. The van der Waals surface area contributed by atoms with Crippen LogP contribution < -0.4 is 5.32 Å². The fourth-order valence-electron chi connectivity index (χ4n) is 3.60. The summed E-state index contributed by atoms with van der Waals surface area (Å²) in [4.78, 5) is 12.1. The predicted octanol–water partition coefficient (Wildman–Crippen LogP) is 2.16. The van der Waals surface area contributed by atoms with Crippen LogP contribution in [-0.4, -0.2) is 51.0 Å². The van der Waals surface area contributed by atoms with Crippen molar-refractivity contribution in [1.82, 2.24) is 9.62 Å². The fourth-order valence-corrected chi connectivity index (χ4v) is 5.10. The number of nitrogens with zero attached hydrogens (tertiary/aromatic N) is 1. The van der Waals surface area contributed by atoms with Gasteiger partial charge in [0, 0.05) is 24.7 Å². The molecule has 2 fully saturated rings. The van der Waals surface area contributed by atoms with E-state index in [0.717, 1.165) is 37.8 Å². The molecular formula is C18H25FN2O4S. The Morgan fingerprint density at radius 1 is 1.27 bits per heavy atom. The Labute approximate surface area is 153 Å². The monoisotopic (exact) mass is 384 g/mol. The Bertz CT molecular complexity index is 762. The number of benzene rings is 1. The third-order valence-electron chi connectivity index (χ3n) is 5.05. The maximum Gasteiger partial charge on any atom is 0.251 e. The molecule has 144 valence electrons. The number of morpholine rings is 1. The van der Waals surface area contributed by atoms with Crippen LogP contribution in [-0.2, 0) is 14.8 Å². The lowest BCUT2D eigenvalue weighted by Gasteiger charge is -2.28. The molecule has 1 aliphatic carbocycles. The van der Waals surface area contributed by atoms with Crippen molar-refractivity contribution in [2.75, 3.05) is 26.3 Å². The first kappa shape index (κ1) is 19.3. The van der Waals surface area contributed by atoms with Gasteiger partial charge in [0.05, 0.1) is 13.2 Å². The molecule has 2 aliphatic rings. The van der Waals surface area contributed by atoms with Crippen molar-refractivity contribution in [2.45, 2.75) is 43.5 Å². The van der Waals surface area contributed by atoms with E-state index in [1.165, 1.54) is 10.4 Å². The Morgan fingerprint density at radius 2 is 2.00 bits per heavy atom. The highest BCUT2D eigenvalue weighted by atomic mass is 32.2. The molecule has 0 aromatic heterocycles. The lowest BCUT2D eigenvalue weighted by molar-refractivity contribution is 0.0729. The summed E-state index contributed by atoms with van der Waals surface area (Å²) < 4.78 is 46.0. The van der Waals surface area contributed by atoms with Gasteiger partial charge in [0.2, 0.25) is 10.0 Å². The highest BCUT2D eigenvalue weighted by Gasteiger charge is 2.30. The van der Waals surface area contributed by atoms with Crippen LogP contribution in [0, 0.1) is 11.7 Å². The number of hydrogen-bond acceptors (Lipinski definition) is 4. The minimum atomic E-state index is -3.99. The van der Waals surface area contributed by atoms with Gasteiger partial charge in [-0.2, -0.15) is 4.31 Å². The fraction of sp³-hybridized carbons (Fsp3) is 0.611. The molecule has 1 amide bonds. The van der Waals surface area contributed by atoms with E-state index in [1.54, 1.807) is 0 Å². The largest absolute Gasteiger partial charge is 0.379 e. The number of carbonyl (C=O) groups is 1. The Morgan fingerprint density at radius 3 is 2.69 bits per heavy atom. The number of halogens is 1. The molecule has 1 aromatic rings. The summed E-state index contributed by atoms with van der Waals surface area (Å²) in [6.45, 7) is 3.07. The van der Waals surface area contributed by atoms with E-state index in [0.29, 0.717) is 5.92 Å². The Hall–Kier alpha value is -1.51. The third kappa shape index (κ3) is 4.24. The zero-order chi connectivity index (χ0) is 18.7. The highest BCUT2D eigenvalue weighted by molar-refractivity contribution is 7.89. The van der Waals surface area contributed by atoms with Crippen molar-refractivity contribution >= 4 is 15.9 Å². The number of sulfonamides is 1. The van der Waals surface area contributed by atoms with Crippen molar-refractivity contribution in [3.8, 4) is 0 Å². The zero-order valence-electron chi connectivity index (χ0n) is 14.9. The average Bonchev–Trinajstić information content (AvgIpc) is 2.62. The van der Waals surface area contributed by atoms with E-state index in [9.17, 15) is 17.6 Å². The predicted molar refractivity (Wildman–Crippen MR) is 94.9 cm³/mol. The van der Waals surface area contributed by atoms with Gasteiger partial charge in [-0.1, -0.05) is 19.8 Å². The van der Waals surface area contributed by atoms with Crippen LogP contribution >= 0.6 is 0 Å². The van der Waals surface area contributed by atoms with Crippen molar-refractivity contribution in [3.63, 3.8) is 0 Å². The molecule has 1 saturated heterocycles. The van der Waals surface area contributed by atoms with E-state index < -0.39 is 20.7 Å². The van der Waals surface area contributed by atoms with Crippen LogP contribution in [0.5, 0.6) is 0 Å². The van der Waals surface area contributed by atoms with Gasteiger partial charge >= 0.3 is 0 Å². The van der Waals surface area contributed by atoms with Crippen LogP contribution in [0.15, 0.2) is 23.1 Å². The molecule has 1 heterocycles. The van der Waals surface area contributed by atoms with Gasteiger partial charge in [0.15, 0.2) is 0 Å². The summed E-state index contributed by atoms with van der Waals surface area (Å²) in [5.41, 5.74) is 0.163. The van der Waals surface area contributed by atoms with Crippen LogP contribution in [0.3, 0.4) is 0 Å². The number of nitrogens with one attached hydrogen (secondary N) is 1. The van der Waals surface area contributed by atoms with Crippen molar-refractivity contribution < 1.29 is 22.3 Å². The van der Waals surface area contributed by atoms with Gasteiger partial charge in [0.1, 0.15) is 10.7 Å². The Kier molecular flexibility index (Phi) is 5.94. The SMILES string of the molecule is CC1CCCC(NC(=O)c2ccc(F)c(S(=O)(=O)N3CCOCC3)c2)C1. The topological polar surface area (TPSA) is 75.7 Å². The molecule has 0 spiro atoms. The summed E-state index contributed by atoms with van der Waals surface area (Å²) in [5.74, 6) is -0.651. The van der Waals surface area contributed by atoms with Gasteiger partial charge in [-0.3, -0.25) is 4.79 Å². The van der Waals surface area contributed by atoms with Gasteiger partial charge in [-0.05, 0) is 37.0 Å². The second-order valence-electron chi connectivity index (χ2n) is 7.10. The van der Waals surface area contributed by atoms with E-state index in [-0.39, 0.29) is 43.8 Å². The molecule has 1 N–H and O–H groups in total. The molecule has 2 atom stereocenters. The second-order valence-corrected chi connectivity index (χ2v) is 9.01. The molecule has 6 nitrogen and oxygen atoms in total. The summed E-state index contributed by atoms with van der Waals surface area (Å²) >= 11 is 0. The maximum absolute atomic E-state index is 14.2. The molecule has 3 rings (SSSR count). The maximum atomic E-state index is 14.2. The molecule has 8 heteroatoms. The molecule has 2 unspecified atom stereocenters. The van der Waals surface area contributed by atoms with E-state index in [4.69, 9.17) is 4.74 Å². The number of amides is 1. The van der Waals surface area contributed by atoms with Gasteiger partial charge in [-0.25, -0.2) is 12.8 Å². The number of ether oxygens (including phenoxy) is 1. The Balaban J connectivity index is 1.79. The first-order chi connectivity index (χ1) is 12.4. The normalized spacial score (nSPS) is 25.0. The lowest BCUT2D eigenvalue weighted by Crippen LogP contribution is -2.41. The first-order valence-electron chi connectivity index (χ1n) is 9.06. The molecule has 0 radical (unpaired) electrons. The van der Waals surface area contributed by atoms with Gasteiger partial charge < -0.3 is 10.1 Å². The summed E-state index contributed by atoms with van der Waals surface area (Å²) in [6.07, 6.45) is 4.04. The van der Waals surface area contributed by atoms with Gasteiger partial charge in [0.25, 0.3) is 5.91 Å². The average molecular weight is 384 g/mol. The van der Waals surface area contributed by atoms with Gasteiger partial charge in [-0.15, -0.1) is 0 Å². The minimum Gasteiger partial charge on any atom is -0.379 e. The van der Waals surface area contributed by atoms with Crippen LogP contribution in [0.1, 0.15) is 43.0 Å². The molecular weight excluding hydrogens is 359 g/mol. The standard InChI is InChI=1S/C18H25FN2O4S/c1-13-3-2-4-15(11-13)20-18(22)14-5-6-16(19)17(12-14)26(23,24)21-7-9-25-10-8-21/h5-6,12-13,15H,2-4,7-11H2,1H3,(H,20,22). The summed E-state index contributed by atoms with van der Waals surface area (Å²) in [6, 6.07) is 3.60. The molecule has 1 saturated carbocycles.